The number of aryl methyl sites for hydroxylation is 1. The van der Waals surface area contributed by atoms with Crippen molar-refractivity contribution in [3.05, 3.63) is 76.7 Å². The number of carbonyl (C=O) groups excluding carboxylic acids is 1. The number of unbranched alkanes of at least 4 members (excludes halogenated alkanes) is 2. The Morgan fingerprint density at radius 3 is 2.21 bits per heavy atom. The Bertz CT molecular complexity index is 817. The van der Waals surface area contributed by atoms with Crippen molar-refractivity contribution in [1.29, 1.82) is 0 Å². The second-order valence-electron chi connectivity index (χ2n) is 5.72. The molecule has 0 fully saturated rings. The summed E-state index contributed by atoms with van der Waals surface area (Å²) < 4.78 is 25.8. The number of carbonyl (C=O) groups is 1. The van der Waals surface area contributed by atoms with E-state index in [9.17, 15) is 13.2 Å². The minimum Gasteiger partial charge on any atom is -0.288 e. The number of hydrogen-bond donors (Lipinski definition) is 0. The Labute approximate surface area is 144 Å². The van der Waals surface area contributed by atoms with Gasteiger partial charge in [0, 0.05) is 5.56 Å². The maximum atomic E-state index is 12.9. The summed E-state index contributed by atoms with van der Waals surface area (Å²) in [6.45, 7) is 3.95. The molecule has 24 heavy (non-hydrogen) atoms. The Morgan fingerprint density at radius 1 is 1.00 bits per heavy atom. The lowest BCUT2D eigenvalue weighted by molar-refractivity contribution is 0.104. The Kier molecular flexibility index (Phi) is 6.10. The maximum absolute atomic E-state index is 12.9. The molecule has 0 aliphatic heterocycles. The molecular weight excluding hydrogens is 320 g/mol. The zero-order chi connectivity index (χ0) is 17.6. The summed E-state index contributed by atoms with van der Waals surface area (Å²) in [6, 6.07) is 15.1. The van der Waals surface area contributed by atoms with E-state index in [1.807, 2.05) is 26.0 Å². The summed E-state index contributed by atoms with van der Waals surface area (Å²) in [5, 5.41) is 0. The fourth-order valence-electron chi connectivity index (χ4n) is 2.34. The van der Waals surface area contributed by atoms with Crippen LogP contribution in [0.2, 0.25) is 0 Å². The minimum atomic E-state index is -3.83. The van der Waals surface area contributed by atoms with E-state index in [4.69, 9.17) is 0 Å². The lowest BCUT2D eigenvalue weighted by Crippen LogP contribution is -2.14. The van der Waals surface area contributed by atoms with Gasteiger partial charge in [0.15, 0.2) is 0 Å². The maximum Gasteiger partial charge on any atom is 0.210 e. The molecule has 0 amide bonds. The number of allylic oxidation sites excluding steroid dienone is 2. The third kappa shape index (κ3) is 4.20. The molecule has 0 bridgehead atoms. The fourth-order valence-corrected chi connectivity index (χ4v) is 3.80. The van der Waals surface area contributed by atoms with Gasteiger partial charge in [-0.05, 0) is 25.5 Å². The van der Waals surface area contributed by atoms with Crippen LogP contribution in [0.1, 0.15) is 42.1 Å². The van der Waals surface area contributed by atoms with Crippen LogP contribution in [0.5, 0.6) is 0 Å². The Morgan fingerprint density at radius 2 is 1.62 bits per heavy atom. The first kappa shape index (κ1) is 18.1. The summed E-state index contributed by atoms with van der Waals surface area (Å²) >= 11 is 0. The molecular formula is C20H22O3S. The first-order chi connectivity index (χ1) is 11.5. The lowest BCUT2D eigenvalue weighted by atomic mass is 10.1. The summed E-state index contributed by atoms with van der Waals surface area (Å²) in [5.41, 5.74) is 1.41. The van der Waals surface area contributed by atoms with Crippen molar-refractivity contribution < 1.29 is 13.2 Å². The fraction of sp³-hybridized carbons (Fsp3) is 0.250. The number of Topliss-reactive ketones (excluding diaryl/α,β-unsaturated/α-hetero) is 1. The zero-order valence-corrected chi connectivity index (χ0v) is 14.8. The molecule has 0 aliphatic carbocycles. The highest BCUT2D eigenvalue weighted by atomic mass is 32.2. The van der Waals surface area contributed by atoms with Crippen molar-refractivity contribution in [2.75, 3.05) is 0 Å². The summed E-state index contributed by atoms with van der Waals surface area (Å²) in [5.74, 6) is -0.449. The predicted molar refractivity (Wildman–Crippen MR) is 96.7 cm³/mol. The molecule has 4 heteroatoms. The topological polar surface area (TPSA) is 51.2 Å². The van der Waals surface area contributed by atoms with Crippen LogP contribution in [0.15, 0.2) is 70.5 Å². The van der Waals surface area contributed by atoms with Gasteiger partial charge in [-0.3, -0.25) is 4.79 Å². The molecule has 0 spiro atoms. The second-order valence-corrected chi connectivity index (χ2v) is 7.64. The molecule has 0 aliphatic rings. The third-order valence-electron chi connectivity index (χ3n) is 3.77. The molecule has 126 valence electrons. The Hall–Kier alpha value is -2.20. The predicted octanol–water partition coefficient (Wildman–Crippen LogP) is 4.73. The monoisotopic (exact) mass is 342 g/mol. The lowest BCUT2D eigenvalue weighted by Gasteiger charge is -2.09. The van der Waals surface area contributed by atoms with Gasteiger partial charge in [-0.25, -0.2) is 8.42 Å². The van der Waals surface area contributed by atoms with E-state index in [1.54, 1.807) is 36.4 Å². The van der Waals surface area contributed by atoms with Crippen molar-refractivity contribution >= 4 is 15.6 Å². The van der Waals surface area contributed by atoms with Gasteiger partial charge in [-0.15, -0.1) is 0 Å². The van der Waals surface area contributed by atoms with Gasteiger partial charge < -0.3 is 0 Å². The first-order valence-electron chi connectivity index (χ1n) is 8.08. The van der Waals surface area contributed by atoms with E-state index >= 15 is 0 Å². The van der Waals surface area contributed by atoms with Gasteiger partial charge in [-0.1, -0.05) is 73.9 Å². The molecule has 0 heterocycles. The van der Waals surface area contributed by atoms with Crippen LogP contribution in [-0.4, -0.2) is 14.2 Å². The smallest absolute Gasteiger partial charge is 0.210 e. The number of hydrogen-bond acceptors (Lipinski definition) is 3. The highest BCUT2D eigenvalue weighted by Gasteiger charge is 2.27. The SMILES string of the molecule is CCCC/C=C(/C(=O)c1ccc(C)cc1)S(=O)(=O)c1ccccc1. The molecule has 0 unspecified atom stereocenters. The van der Waals surface area contributed by atoms with Crippen LogP contribution in [0.25, 0.3) is 0 Å². The molecule has 2 rings (SSSR count). The van der Waals surface area contributed by atoms with E-state index in [0.29, 0.717) is 12.0 Å². The van der Waals surface area contributed by atoms with Crippen LogP contribution in [-0.2, 0) is 9.84 Å². The average molecular weight is 342 g/mol. The molecule has 0 saturated heterocycles. The van der Waals surface area contributed by atoms with Gasteiger partial charge in [0.05, 0.1) is 4.90 Å². The highest BCUT2D eigenvalue weighted by Crippen LogP contribution is 2.24. The molecule has 2 aromatic carbocycles. The van der Waals surface area contributed by atoms with Crippen LogP contribution in [0.4, 0.5) is 0 Å². The van der Waals surface area contributed by atoms with E-state index in [1.165, 1.54) is 12.1 Å². The second kappa shape index (κ2) is 8.06. The van der Waals surface area contributed by atoms with Crippen molar-refractivity contribution in [3.8, 4) is 0 Å². The van der Waals surface area contributed by atoms with E-state index in [-0.39, 0.29) is 9.80 Å². The van der Waals surface area contributed by atoms with Crippen LogP contribution < -0.4 is 0 Å². The summed E-state index contributed by atoms with van der Waals surface area (Å²) in [4.78, 5) is 12.8. The number of rotatable bonds is 7. The van der Waals surface area contributed by atoms with E-state index in [0.717, 1.165) is 18.4 Å². The number of benzene rings is 2. The molecule has 0 saturated carbocycles. The van der Waals surface area contributed by atoms with E-state index in [2.05, 4.69) is 0 Å². The number of ketones is 1. The van der Waals surface area contributed by atoms with Gasteiger partial charge in [0.25, 0.3) is 0 Å². The van der Waals surface area contributed by atoms with Crippen molar-refractivity contribution in [1.82, 2.24) is 0 Å². The van der Waals surface area contributed by atoms with Crippen LogP contribution in [0, 0.1) is 6.92 Å². The quantitative estimate of drug-likeness (QED) is 0.415. The molecule has 0 radical (unpaired) electrons. The molecule has 0 atom stereocenters. The van der Waals surface area contributed by atoms with Gasteiger partial charge in [-0.2, -0.15) is 0 Å². The molecule has 3 nitrogen and oxygen atoms in total. The summed E-state index contributed by atoms with van der Waals surface area (Å²) in [6.07, 6.45) is 3.91. The van der Waals surface area contributed by atoms with Gasteiger partial charge in [0.2, 0.25) is 15.6 Å². The largest absolute Gasteiger partial charge is 0.288 e. The molecule has 2 aromatic rings. The highest BCUT2D eigenvalue weighted by molar-refractivity contribution is 7.96. The number of sulfone groups is 1. The van der Waals surface area contributed by atoms with Crippen LogP contribution >= 0.6 is 0 Å². The van der Waals surface area contributed by atoms with E-state index < -0.39 is 15.6 Å². The third-order valence-corrected chi connectivity index (χ3v) is 5.59. The zero-order valence-electron chi connectivity index (χ0n) is 14.0. The minimum absolute atomic E-state index is 0.133. The van der Waals surface area contributed by atoms with Crippen molar-refractivity contribution in [2.45, 2.75) is 38.0 Å². The Balaban J connectivity index is 2.47. The molecule has 0 aromatic heterocycles. The molecule has 0 N–H and O–H groups in total. The first-order valence-corrected chi connectivity index (χ1v) is 9.56. The van der Waals surface area contributed by atoms with Gasteiger partial charge >= 0.3 is 0 Å². The normalized spacial score (nSPS) is 12.2. The van der Waals surface area contributed by atoms with Crippen molar-refractivity contribution in [3.63, 3.8) is 0 Å². The van der Waals surface area contributed by atoms with Gasteiger partial charge in [0.1, 0.15) is 4.91 Å². The average Bonchev–Trinajstić information content (AvgIpc) is 2.59. The standard InChI is InChI=1S/C20H22O3S/c1-3-4-6-11-19(20(21)17-14-12-16(2)13-15-17)24(22,23)18-9-7-5-8-10-18/h5,7-15H,3-4,6H2,1-2H3/b19-11-. The van der Waals surface area contributed by atoms with Crippen LogP contribution in [0.3, 0.4) is 0 Å². The summed E-state index contributed by atoms with van der Waals surface area (Å²) in [7, 11) is -3.83. The van der Waals surface area contributed by atoms with Crippen molar-refractivity contribution in [2.24, 2.45) is 0 Å².